The van der Waals surface area contributed by atoms with Crippen LogP contribution in [0.4, 0.5) is 4.39 Å². The molecule has 1 aromatic carbocycles. The molecule has 0 radical (unpaired) electrons. The van der Waals surface area contributed by atoms with Gasteiger partial charge in [-0.2, -0.15) is 0 Å². The fourth-order valence-electron chi connectivity index (χ4n) is 1.55. The third-order valence-corrected chi connectivity index (χ3v) is 2.78. The third kappa shape index (κ3) is 3.48. The second-order valence-electron chi connectivity index (χ2n) is 3.96. The number of carbonyl (C=O) groups excluding carboxylic acids is 1. The van der Waals surface area contributed by atoms with Gasteiger partial charge >= 0.3 is 0 Å². The quantitative estimate of drug-likeness (QED) is 0.939. The van der Waals surface area contributed by atoms with Crippen LogP contribution in [0.5, 0.6) is 0 Å². The van der Waals surface area contributed by atoms with Crippen molar-refractivity contribution in [1.82, 2.24) is 15.3 Å². The summed E-state index contributed by atoms with van der Waals surface area (Å²) >= 11 is 5.80. The number of aromatic nitrogens is 2. The lowest BCUT2D eigenvalue weighted by molar-refractivity contribution is 0.0950. The van der Waals surface area contributed by atoms with E-state index in [0.717, 1.165) is 11.8 Å². The van der Waals surface area contributed by atoms with E-state index in [1.165, 1.54) is 18.5 Å². The Kier molecular flexibility index (Phi) is 4.06. The smallest absolute Gasteiger partial charge is 0.253 e. The molecule has 6 heteroatoms. The van der Waals surface area contributed by atoms with Crippen molar-refractivity contribution in [2.75, 3.05) is 0 Å². The van der Waals surface area contributed by atoms with E-state index in [0.29, 0.717) is 5.69 Å². The molecule has 4 nitrogen and oxygen atoms in total. The number of carbonyl (C=O) groups is 1. The van der Waals surface area contributed by atoms with Gasteiger partial charge in [0.2, 0.25) is 0 Å². The molecule has 0 aliphatic rings. The summed E-state index contributed by atoms with van der Waals surface area (Å²) in [6.45, 7) is 2.10. The van der Waals surface area contributed by atoms with Crippen molar-refractivity contribution in [2.24, 2.45) is 0 Å². The number of halogens is 2. The molecule has 0 atom stereocenters. The monoisotopic (exact) mass is 279 g/mol. The number of hydrogen-bond acceptors (Lipinski definition) is 3. The maximum absolute atomic E-state index is 12.9. The minimum absolute atomic E-state index is 0.0800. The van der Waals surface area contributed by atoms with Gasteiger partial charge in [-0.25, -0.2) is 14.4 Å². The van der Waals surface area contributed by atoms with Gasteiger partial charge in [-0.15, -0.1) is 0 Å². The predicted molar refractivity (Wildman–Crippen MR) is 69.3 cm³/mol. The van der Waals surface area contributed by atoms with Gasteiger partial charge in [-0.1, -0.05) is 11.6 Å². The van der Waals surface area contributed by atoms with E-state index in [2.05, 4.69) is 15.3 Å². The van der Waals surface area contributed by atoms with E-state index in [1.807, 2.05) is 6.92 Å². The molecular formula is C13H11ClFN3O. The maximum Gasteiger partial charge on any atom is 0.253 e. The number of aryl methyl sites for hydroxylation is 1. The first-order valence-electron chi connectivity index (χ1n) is 5.57. The highest BCUT2D eigenvalue weighted by Crippen LogP contribution is 2.17. The first kappa shape index (κ1) is 13.4. The van der Waals surface area contributed by atoms with Gasteiger partial charge in [0.05, 0.1) is 22.8 Å². The van der Waals surface area contributed by atoms with Crippen LogP contribution in [0.3, 0.4) is 0 Å². The largest absolute Gasteiger partial charge is 0.346 e. The minimum Gasteiger partial charge on any atom is -0.346 e. The number of nitrogens with one attached hydrogen (secondary N) is 1. The zero-order valence-electron chi connectivity index (χ0n) is 10.2. The molecule has 0 aliphatic carbocycles. The Bertz CT molecular complexity index is 619. The predicted octanol–water partition coefficient (Wildman–Crippen LogP) is 2.51. The van der Waals surface area contributed by atoms with Gasteiger partial charge in [0, 0.05) is 5.69 Å². The number of amides is 1. The lowest BCUT2D eigenvalue weighted by atomic mass is 10.2. The van der Waals surface area contributed by atoms with E-state index < -0.39 is 5.82 Å². The van der Waals surface area contributed by atoms with E-state index in [-0.39, 0.29) is 23.0 Å². The van der Waals surface area contributed by atoms with Gasteiger partial charge in [-0.05, 0) is 31.2 Å². The first-order chi connectivity index (χ1) is 9.06. The van der Waals surface area contributed by atoms with Crippen molar-refractivity contribution < 1.29 is 9.18 Å². The SMILES string of the molecule is Cc1cc(CNC(=O)c2ccc(F)cc2Cl)ncn1. The Labute approximate surface area is 114 Å². The molecule has 0 saturated heterocycles. The summed E-state index contributed by atoms with van der Waals surface area (Å²) < 4.78 is 12.9. The molecule has 0 unspecified atom stereocenters. The Morgan fingerprint density at radius 1 is 1.37 bits per heavy atom. The molecule has 1 aromatic heterocycles. The Balaban J connectivity index is 2.05. The van der Waals surface area contributed by atoms with Gasteiger partial charge in [0.15, 0.2) is 0 Å². The van der Waals surface area contributed by atoms with E-state index in [4.69, 9.17) is 11.6 Å². The lowest BCUT2D eigenvalue weighted by Crippen LogP contribution is -2.23. The van der Waals surface area contributed by atoms with Crippen molar-refractivity contribution in [2.45, 2.75) is 13.5 Å². The number of nitrogens with zero attached hydrogens (tertiary/aromatic N) is 2. The zero-order valence-corrected chi connectivity index (χ0v) is 10.9. The maximum atomic E-state index is 12.9. The summed E-state index contributed by atoms with van der Waals surface area (Å²) in [5, 5.41) is 2.75. The van der Waals surface area contributed by atoms with Crippen molar-refractivity contribution in [3.05, 3.63) is 58.4 Å². The van der Waals surface area contributed by atoms with Crippen LogP contribution in [0.15, 0.2) is 30.6 Å². The first-order valence-corrected chi connectivity index (χ1v) is 5.95. The summed E-state index contributed by atoms with van der Waals surface area (Å²) in [6, 6.07) is 5.41. The Hall–Kier alpha value is -2.01. The molecule has 0 bridgehead atoms. The number of benzene rings is 1. The minimum atomic E-state index is -0.479. The second-order valence-corrected chi connectivity index (χ2v) is 4.36. The molecule has 98 valence electrons. The van der Waals surface area contributed by atoms with Crippen LogP contribution in [0.25, 0.3) is 0 Å². The summed E-state index contributed by atoms with van der Waals surface area (Å²) in [4.78, 5) is 19.9. The summed E-state index contributed by atoms with van der Waals surface area (Å²) in [5.41, 5.74) is 1.74. The molecule has 19 heavy (non-hydrogen) atoms. The van der Waals surface area contributed by atoms with E-state index in [9.17, 15) is 9.18 Å². The summed E-state index contributed by atoms with van der Waals surface area (Å²) in [6.07, 6.45) is 1.43. The normalized spacial score (nSPS) is 10.3. The van der Waals surface area contributed by atoms with E-state index in [1.54, 1.807) is 6.07 Å². The molecule has 0 spiro atoms. The second kappa shape index (κ2) is 5.75. The van der Waals surface area contributed by atoms with Crippen LogP contribution in [0.2, 0.25) is 5.02 Å². The van der Waals surface area contributed by atoms with Crippen LogP contribution in [0.1, 0.15) is 21.7 Å². The van der Waals surface area contributed by atoms with Gasteiger partial charge < -0.3 is 5.32 Å². The highest BCUT2D eigenvalue weighted by Gasteiger charge is 2.10. The number of rotatable bonds is 3. The van der Waals surface area contributed by atoms with Crippen molar-refractivity contribution >= 4 is 17.5 Å². The molecule has 2 rings (SSSR count). The molecule has 0 aliphatic heterocycles. The van der Waals surface area contributed by atoms with Gasteiger partial charge in [0.1, 0.15) is 12.1 Å². The topological polar surface area (TPSA) is 54.9 Å². The Morgan fingerprint density at radius 3 is 2.84 bits per heavy atom. The van der Waals surface area contributed by atoms with Crippen LogP contribution in [-0.2, 0) is 6.54 Å². The van der Waals surface area contributed by atoms with Crippen LogP contribution in [-0.4, -0.2) is 15.9 Å². The van der Waals surface area contributed by atoms with Crippen LogP contribution in [0, 0.1) is 12.7 Å². The molecule has 2 aromatic rings. The summed E-state index contributed by atoms with van der Waals surface area (Å²) in [7, 11) is 0. The van der Waals surface area contributed by atoms with Gasteiger partial charge in [-0.3, -0.25) is 4.79 Å². The fraction of sp³-hybridized carbons (Fsp3) is 0.154. The third-order valence-electron chi connectivity index (χ3n) is 2.47. The van der Waals surface area contributed by atoms with Crippen LogP contribution < -0.4 is 5.32 Å². The van der Waals surface area contributed by atoms with Crippen LogP contribution >= 0.6 is 11.6 Å². The average molecular weight is 280 g/mol. The fourth-order valence-corrected chi connectivity index (χ4v) is 1.80. The zero-order chi connectivity index (χ0) is 13.8. The summed E-state index contributed by atoms with van der Waals surface area (Å²) in [5.74, 6) is -0.853. The van der Waals surface area contributed by atoms with Crippen molar-refractivity contribution in [1.29, 1.82) is 0 Å². The molecule has 0 saturated carbocycles. The highest BCUT2D eigenvalue weighted by atomic mass is 35.5. The molecular weight excluding hydrogens is 269 g/mol. The standard InChI is InChI=1S/C13H11ClFN3O/c1-8-4-10(18-7-17-8)6-16-13(19)11-3-2-9(15)5-12(11)14/h2-5,7H,6H2,1H3,(H,16,19). The average Bonchev–Trinajstić information content (AvgIpc) is 2.36. The van der Waals surface area contributed by atoms with Crippen molar-refractivity contribution in [3.63, 3.8) is 0 Å². The van der Waals surface area contributed by atoms with Gasteiger partial charge in [0.25, 0.3) is 5.91 Å². The molecule has 0 fully saturated rings. The molecule has 1 heterocycles. The molecule has 1 amide bonds. The van der Waals surface area contributed by atoms with Crippen molar-refractivity contribution in [3.8, 4) is 0 Å². The Morgan fingerprint density at radius 2 is 2.16 bits per heavy atom. The highest BCUT2D eigenvalue weighted by molar-refractivity contribution is 6.33. The molecule has 1 N–H and O–H groups in total. The van der Waals surface area contributed by atoms with E-state index >= 15 is 0 Å². The number of hydrogen-bond donors (Lipinski definition) is 1. The lowest BCUT2D eigenvalue weighted by Gasteiger charge is -2.06.